The summed E-state index contributed by atoms with van der Waals surface area (Å²) >= 11 is 0. The van der Waals surface area contributed by atoms with Crippen LogP contribution in [-0.2, 0) is 6.42 Å². The molecule has 0 saturated heterocycles. The summed E-state index contributed by atoms with van der Waals surface area (Å²) in [5.74, 6) is -0.424. The number of hydrogen-bond acceptors (Lipinski definition) is 2. The van der Waals surface area contributed by atoms with E-state index >= 15 is 0 Å². The molecule has 100 valence electrons. The van der Waals surface area contributed by atoms with Crippen molar-refractivity contribution in [1.82, 2.24) is 15.5 Å². The number of amides is 1. The number of hydrogen-bond donors (Lipinski definition) is 2. The highest BCUT2D eigenvalue weighted by molar-refractivity contribution is 5.96. The van der Waals surface area contributed by atoms with Crippen LogP contribution in [0, 0.1) is 19.7 Å². The van der Waals surface area contributed by atoms with Crippen LogP contribution in [0.25, 0.3) is 0 Å². The van der Waals surface area contributed by atoms with Gasteiger partial charge in [0.1, 0.15) is 5.82 Å². The van der Waals surface area contributed by atoms with Crippen molar-refractivity contribution in [3.05, 3.63) is 52.6 Å². The third kappa shape index (κ3) is 2.99. The first-order chi connectivity index (χ1) is 9.09. The zero-order valence-electron chi connectivity index (χ0n) is 11.0. The van der Waals surface area contributed by atoms with Crippen LogP contribution in [0.2, 0.25) is 0 Å². The maximum Gasteiger partial charge on any atom is 0.255 e. The molecule has 0 fully saturated rings. The molecule has 19 heavy (non-hydrogen) atoms. The predicted octanol–water partition coefficient (Wildman–Crippen LogP) is 2.14. The molecule has 5 heteroatoms. The van der Waals surface area contributed by atoms with Gasteiger partial charge in [0.15, 0.2) is 0 Å². The summed E-state index contributed by atoms with van der Waals surface area (Å²) < 4.78 is 13.4. The first kappa shape index (κ1) is 13.3. The number of H-pyrrole nitrogens is 1. The minimum absolute atomic E-state index is 0.180. The van der Waals surface area contributed by atoms with Crippen LogP contribution in [0.3, 0.4) is 0 Å². The molecule has 1 amide bonds. The normalized spacial score (nSPS) is 10.5. The Morgan fingerprint density at radius 2 is 2.11 bits per heavy atom. The average Bonchev–Trinajstić information content (AvgIpc) is 2.71. The molecule has 0 atom stereocenters. The van der Waals surface area contributed by atoms with Gasteiger partial charge in [-0.25, -0.2) is 4.39 Å². The lowest BCUT2D eigenvalue weighted by Gasteiger charge is -2.06. The molecule has 0 saturated carbocycles. The van der Waals surface area contributed by atoms with Crippen LogP contribution in [0.4, 0.5) is 4.39 Å². The van der Waals surface area contributed by atoms with E-state index < -0.39 is 0 Å². The molecule has 0 aliphatic carbocycles. The minimum atomic E-state index is -0.243. The quantitative estimate of drug-likeness (QED) is 0.886. The molecular weight excluding hydrogens is 245 g/mol. The Bertz CT molecular complexity index is 573. The molecule has 0 unspecified atom stereocenters. The van der Waals surface area contributed by atoms with Crippen molar-refractivity contribution in [3.8, 4) is 0 Å². The van der Waals surface area contributed by atoms with Gasteiger partial charge in [-0.2, -0.15) is 5.10 Å². The van der Waals surface area contributed by atoms with Gasteiger partial charge in [-0.1, -0.05) is 18.2 Å². The van der Waals surface area contributed by atoms with Gasteiger partial charge in [-0.15, -0.1) is 0 Å². The van der Waals surface area contributed by atoms with Crippen LogP contribution in [0.1, 0.15) is 27.3 Å². The molecule has 2 aromatic rings. The van der Waals surface area contributed by atoms with Gasteiger partial charge in [0, 0.05) is 12.2 Å². The van der Waals surface area contributed by atoms with Crippen LogP contribution < -0.4 is 5.32 Å². The number of aryl methyl sites for hydroxylation is 2. The highest BCUT2D eigenvalue weighted by atomic mass is 19.1. The Morgan fingerprint density at radius 3 is 2.74 bits per heavy atom. The third-order valence-electron chi connectivity index (χ3n) is 2.99. The molecule has 0 radical (unpaired) electrons. The highest BCUT2D eigenvalue weighted by Crippen LogP contribution is 2.09. The number of carbonyl (C=O) groups excluding carboxylic acids is 1. The summed E-state index contributed by atoms with van der Waals surface area (Å²) in [5, 5.41) is 9.51. The summed E-state index contributed by atoms with van der Waals surface area (Å²) in [6, 6.07) is 6.57. The van der Waals surface area contributed by atoms with Gasteiger partial charge in [0.05, 0.1) is 11.3 Å². The molecule has 0 bridgehead atoms. The van der Waals surface area contributed by atoms with Gasteiger partial charge in [-0.3, -0.25) is 9.89 Å². The highest BCUT2D eigenvalue weighted by Gasteiger charge is 2.14. The number of carbonyl (C=O) groups is 1. The monoisotopic (exact) mass is 261 g/mol. The van der Waals surface area contributed by atoms with Gasteiger partial charge in [0.2, 0.25) is 0 Å². The standard InChI is InChI=1S/C14H16FN3O/c1-9-13(10(2)18-17-9)14(19)16-8-7-11-5-3-4-6-12(11)15/h3-6H,7-8H2,1-2H3,(H,16,19)(H,17,18). The maximum absolute atomic E-state index is 13.4. The average molecular weight is 261 g/mol. The summed E-state index contributed by atoms with van der Waals surface area (Å²) in [7, 11) is 0. The second-order valence-corrected chi connectivity index (χ2v) is 4.41. The van der Waals surface area contributed by atoms with Crippen molar-refractivity contribution in [2.75, 3.05) is 6.54 Å². The van der Waals surface area contributed by atoms with E-state index in [2.05, 4.69) is 15.5 Å². The lowest BCUT2D eigenvalue weighted by molar-refractivity contribution is 0.0953. The fraction of sp³-hybridized carbons (Fsp3) is 0.286. The summed E-state index contributed by atoms with van der Waals surface area (Å²) in [6.45, 7) is 3.96. The number of aromatic amines is 1. The Hall–Kier alpha value is -2.17. The van der Waals surface area contributed by atoms with E-state index in [9.17, 15) is 9.18 Å². The number of halogens is 1. The van der Waals surface area contributed by atoms with E-state index in [1.165, 1.54) is 6.07 Å². The molecule has 1 aromatic heterocycles. The lowest BCUT2D eigenvalue weighted by atomic mass is 10.1. The van der Waals surface area contributed by atoms with Crippen molar-refractivity contribution in [3.63, 3.8) is 0 Å². The van der Waals surface area contributed by atoms with Crippen LogP contribution in [0.15, 0.2) is 24.3 Å². The number of aromatic nitrogens is 2. The number of nitrogens with one attached hydrogen (secondary N) is 2. The first-order valence-corrected chi connectivity index (χ1v) is 6.12. The molecule has 0 aliphatic heterocycles. The topological polar surface area (TPSA) is 57.8 Å². The smallest absolute Gasteiger partial charge is 0.255 e. The SMILES string of the molecule is Cc1n[nH]c(C)c1C(=O)NCCc1ccccc1F. The van der Waals surface area contributed by atoms with Crippen molar-refractivity contribution in [1.29, 1.82) is 0 Å². The van der Waals surface area contributed by atoms with Crippen LogP contribution in [-0.4, -0.2) is 22.6 Å². The second kappa shape index (κ2) is 5.65. The second-order valence-electron chi connectivity index (χ2n) is 4.41. The van der Waals surface area contributed by atoms with Gasteiger partial charge in [-0.05, 0) is 31.9 Å². The van der Waals surface area contributed by atoms with Crippen molar-refractivity contribution >= 4 is 5.91 Å². The minimum Gasteiger partial charge on any atom is -0.352 e. The van der Waals surface area contributed by atoms with E-state index in [0.717, 1.165) is 5.69 Å². The Labute approximate surface area is 111 Å². The first-order valence-electron chi connectivity index (χ1n) is 6.12. The molecule has 2 N–H and O–H groups in total. The van der Waals surface area contributed by atoms with E-state index in [-0.39, 0.29) is 11.7 Å². The predicted molar refractivity (Wildman–Crippen MR) is 70.5 cm³/mol. The Kier molecular flexibility index (Phi) is 3.94. The Balaban J connectivity index is 1.93. The number of rotatable bonds is 4. The largest absolute Gasteiger partial charge is 0.352 e. The Morgan fingerprint density at radius 1 is 1.37 bits per heavy atom. The molecule has 0 spiro atoms. The van der Waals surface area contributed by atoms with Crippen molar-refractivity contribution in [2.45, 2.75) is 20.3 Å². The van der Waals surface area contributed by atoms with Gasteiger partial charge < -0.3 is 5.32 Å². The molecule has 1 aromatic carbocycles. The zero-order chi connectivity index (χ0) is 13.8. The van der Waals surface area contributed by atoms with Crippen molar-refractivity contribution in [2.24, 2.45) is 0 Å². The van der Waals surface area contributed by atoms with E-state index in [4.69, 9.17) is 0 Å². The summed E-state index contributed by atoms with van der Waals surface area (Å²) in [6.07, 6.45) is 0.467. The molecule has 1 heterocycles. The molecule has 2 rings (SSSR count). The van der Waals surface area contributed by atoms with Gasteiger partial charge in [0.25, 0.3) is 5.91 Å². The van der Waals surface area contributed by atoms with Crippen molar-refractivity contribution < 1.29 is 9.18 Å². The molecule has 4 nitrogen and oxygen atoms in total. The third-order valence-corrected chi connectivity index (χ3v) is 2.99. The zero-order valence-corrected chi connectivity index (χ0v) is 11.0. The van der Waals surface area contributed by atoms with Crippen LogP contribution >= 0.6 is 0 Å². The van der Waals surface area contributed by atoms with E-state index in [1.54, 1.807) is 32.0 Å². The summed E-state index contributed by atoms with van der Waals surface area (Å²) in [5.41, 5.74) is 2.57. The van der Waals surface area contributed by atoms with Gasteiger partial charge >= 0.3 is 0 Å². The van der Waals surface area contributed by atoms with E-state index in [0.29, 0.717) is 29.8 Å². The molecule has 0 aliphatic rings. The molecular formula is C14H16FN3O. The fourth-order valence-corrected chi connectivity index (χ4v) is 1.99. The fourth-order valence-electron chi connectivity index (χ4n) is 1.99. The lowest BCUT2D eigenvalue weighted by Crippen LogP contribution is -2.26. The number of benzene rings is 1. The van der Waals surface area contributed by atoms with E-state index in [1.807, 2.05) is 0 Å². The maximum atomic E-state index is 13.4. The van der Waals surface area contributed by atoms with Crippen LogP contribution in [0.5, 0.6) is 0 Å². The summed E-state index contributed by atoms with van der Waals surface area (Å²) in [4.78, 5) is 12.0. The number of nitrogens with zero attached hydrogens (tertiary/aromatic N) is 1.